The summed E-state index contributed by atoms with van der Waals surface area (Å²) in [5.41, 5.74) is -2.41. The van der Waals surface area contributed by atoms with Crippen molar-refractivity contribution < 1.29 is 37.2 Å². The van der Waals surface area contributed by atoms with Gasteiger partial charge in [0.1, 0.15) is 12.2 Å². The molecule has 0 bridgehead atoms. The Morgan fingerprint density at radius 1 is 1.21 bits per heavy atom. The topological polar surface area (TPSA) is 131 Å². The third-order valence-corrected chi connectivity index (χ3v) is 3.24. The van der Waals surface area contributed by atoms with Crippen molar-refractivity contribution in [2.24, 2.45) is 0 Å². The molecule has 28 heavy (non-hydrogen) atoms. The van der Waals surface area contributed by atoms with Crippen LogP contribution in [-0.2, 0) is 25.3 Å². The number of ether oxygens (including phenoxy) is 1. The highest BCUT2D eigenvalue weighted by molar-refractivity contribution is 5.86. The van der Waals surface area contributed by atoms with E-state index >= 15 is 0 Å². The Morgan fingerprint density at radius 2 is 1.86 bits per heavy atom. The molecule has 0 aliphatic rings. The third kappa shape index (κ3) is 7.09. The minimum absolute atomic E-state index is 0.292. The van der Waals surface area contributed by atoms with Crippen molar-refractivity contribution in [1.82, 2.24) is 10.2 Å². The highest BCUT2D eigenvalue weighted by Crippen LogP contribution is 2.34. The number of nitro benzene ring substituents is 1. The molecular formula is C15H17F3N4O6. The Hall–Kier alpha value is -3.38. The minimum atomic E-state index is -4.76. The molecule has 0 atom stereocenters. The molecule has 0 unspecified atom stereocenters. The van der Waals surface area contributed by atoms with Crippen LogP contribution in [0.15, 0.2) is 18.2 Å². The van der Waals surface area contributed by atoms with Crippen molar-refractivity contribution in [3.8, 4) is 0 Å². The number of nitrogens with zero attached hydrogens (tertiary/aromatic N) is 2. The molecule has 1 aromatic carbocycles. The first-order valence-electron chi connectivity index (χ1n) is 7.63. The lowest BCUT2D eigenvalue weighted by molar-refractivity contribution is -0.384. The average Bonchev–Trinajstić information content (AvgIpc) is 2.61. The number of nitro groups is 1. The monoisotopic (exact) mass is 406 g/mol. The van der Waals surface area contributed by atoms with Gasteiger partial charge in [-0.05, 0) is 12.1 Å². The first-order valence-corrected chi connectivity index (χ1v) is 7.63. The maximum atomic E-state index is 12.6. The van der Waals surface area contributed by atoms with Gasteiger partial charge in [-0.25, -0.2) is 0 Å². The number of amides is 2. The van der Waals surface area contributed by atoms with Gasteiger partial charge in [-0.1, -0.05) is 0 Å². The molecule has 0 fully saturated rings. The maximum Gasteiger partial charge on any atom is 0.416 e. The van der Waals surface area contributed by atoms with Gasteiger partial charge in [0.05, 0.1) is 17.0 Å². The molecule has 13 heteroatoms. The van der Waals surface area contributed by atoms with E-state index in [-0.39, 0.29) is 18.1 Å². The van der Waals surface area contributed by atoms with E-state index in [2.05, 4.69) is 15.4 Å². The molecule has 0 radical (unpaired) electrons. The summed E-state index contributed by atoms with van der Waals surface area (Å²) in [6, 6.07) is 1.77. The molecule has 1 aromatic rings. The second kappa shape index (κ2) is 9.53. The third-order valence-electron chi connectivity index (χ3n) is 3.24. The Kier molecular flexibility index (Phi) is 7.71. The summed E-state index contributed by atoms with van der Waals surface area (Å²) >= 11 is 0. The number of likely N-dealkylation sites (N-methyl/N-ethyl adjacent to an activating group) is 1. The van der Waals surface area contributed by atoms with Crippen LogP contribution in [0.1, 0.15) is 5.56 Å². The number of nitrogens with one attached hydrogen (secondary N) is 2. The predicted octanol–water partition coefficient (Wildman–Crippen LogP) is 0.773. The van der Waals surface area contributed by atoms with Gasteiger partial charge in [0.15, 0.2) is 6.61 Å². The summed E-state index contributed by atoms with van der Waals surface area (Å²) in [6.07, 6.45) is -4.76. The number of carbonyl (C=O) groups is 3. The van der Waals surface area contributed by atoms with Crippen molar-refractivity contribution in [1.29, 1.82) is 0 Å². The molecule has 0 aliphatic heterocycles. The largest absolute Gasteiger partial charge is 0.454 e. The van der Waals surface area contributed by atoms with Crippen molar-refractivity contribution in [3.05, 3.63) is 33.9 Å². The van der Waals surface area contributed by atoms with Crippen LogP contribution < -0.4 is 10.6 Å². The molecule has 0 saturated heterocycles. The van der Waals surface area contributed by atoms with E-state index in [0.717, 1.165) is 6.07 Å². The van der Waals surface area contributed by atoms with Gasteiger partial charge in [-0.2, -0.15) is 13.2 Å². The van der Waals surface area contributed by atoms with Crippen molar-refractivity contribution in [2.45, 2.75) is 6.18 Å². The van der Waals surface area contributed by atoms with Gasteiger partial charge in [-0.3, -0.25) is 24.5 Å². The number of hydrogen-bond acceptors (Lipinski definition) is 7. The number of benzene rings is 1. The zero-order valence-corrected chi connectivity index (χ0v) is 14.8. The van der Waals surface area contributed by atoms with E-state index in [0.29, 0.717) is 12.1 Å². The zero-order valence-electron chi connectivity index (χ0n) is 14.8. The van der Waals surface area contributed by atoms with Crippen LogP contribution in [0.3, 0.4) is 0 Å². The lowest BCUT2D eigenvalue weighted by Gasteiger charge is -2.12. The van der Waals surface area contributed by atoms with Gasteiger partial charge >= 0.3 is 12.1 Å². The van der Waals surface area contributed by atoms with Gasteiger partial charge in [0, 0.05) is 20.2 Å². The molecule has 1 rings (SSSR count). The number of carbonyl (C=O) groups excluding carboxylic acids is 3. The smallest absolute Gasteiger partial charge is 0.416 e. The van der Waals surface area contributed by atoms with Crippen molar-refractivity contribution in [3.63, 3.8) is 0 Å². The quantitative estimate of drug-likeness (QED) is 0.370. The maximum absolute atomic E-state index is 12.6. The van der Waals surface area contributed by atoms with Gasteiger partial charge < -0.3 is 20.3 Å². The Balaban J connectivity index is 2.57. The first kappa shape index (κ1) is 22.7. The van der Waals surface area contributed by atoms with Crippen LogP contribution in [0, 0.1) is 10.1 Å². The first-order chi connectivity index (χ1) is 12.9. The molecule has 10 nitrogen and oxygen atoms in total. The highest BCUT2D eigenvalue weighted by atomic mass is 19.4. The summed E-state index contributed by atoms with van der Waals surface area (Å²) < 4.78 is 42.5. The Bertz CT molecular complexity index is 767. The molecule has 0 saturated carbocycles. The van der Waals surface area contributed by atoms with E-state index in [1.807, 2.05) is 0 Å². The summed E-state index contributed by atoms with van der Waals surface area (Å²) in [7, 11) is 2.97. The number of esters is 1. The fourth-order valence-electron chi connectivity index (χ4n) is 1.76. The average molecular weight is 406 g/mol. The predicted molar refractivity (Wildman–Crippen MR) is 89.3 cm³/mol. The SMILES string of the molecule is CN(C)C(=O)CNC(=O)COC(=O)CNc1ccc(C(F)(F)F)cc1[N+](=O)[O-]. The zero-order chi connectivity index (χ0) is 21.5. The van der Waals surface area contributed by atoms with Gasteiger partial charge in [-0.15, -0.1) is 0 Å². The van der Waals surface area contributed by atoms with Crippen LogP contribution in [-0.4, -0.2) is 61.4 Å². The van der Waals surface area contributed by atoms with Crippen LogP contribution in [0.4, 0.5) is 24.5 Å². The molecule has 154 valence electrons. The van der Waals surface area contributed by atoms with E-state index < -0.39 is 47.4 Å². The van der Waals surface area contributed by atoms with Crippen LogP contribution in [0.2, 0.25) is 0 Å². The van der Waals surface area contributed by atoms with Crippen molar-refractivity contribution >= 4 is 29.2 Å². The molecule has 0 aliphatic carbocycles. The molecular weight excluding hydrogens is 389 g/mol. The highest BCUT2D eigenvalue weighted by Gasteiger charge is 2.33. The second-order valence-corrected chi connectivity index (χ2v) is 5.57. The van der Waals surface area contributed by atoms with E-state index in [9.17, 15) is 37.7 Å². The Labute approximate surface area is 156 Å². The van der Waals surface area contributed by atoms with Crippen LogP contribution in [0.25, 0.3) is 0 Å². The van der Waals surface area contributed by atoms with E-state index in [1.54, 1.807) is 0 Å². The van der Waals surface area contributed by atoms with Gasteiger partial charge in [0.2, 0.25) is 5.91 Å². The number of alkyl halides is 3. The molecule has 2 amide bonds. The summed E-state index contributed by atoms with van der Waals surface area (Å²) in [6.45, 7) is -1.62. The lowest BCUT2D eigenvalue weighted by Crippen LogP contribution is -2.38. The number of halogens is 3. The number of hydrogen-bond donors (Lipinski definition) is 2. The molecule has 2 N–H and O–H groups in total. The van der Waals surface area contributed by atoms with Crippen LogP contribution >= 0.6 is 0 Å². The fourth-order valence-corrected chi connectivity index (χ4v) is 1.76. The Morgan fingerprint density at radius 3 is 2.39 bits per heavy atom. The number of anilines is 1. The van der Waals surface area contributed by atoms with E-state index in [1.165, 1.54) is 19.0 Å². The summed E-state index contributed by atoms with van der Waals surface area (Å²) in [5.74, 6) is -2.11. The normalized spacial score (nSPS) is 10.8. The standard InChI is InChI=1S/C15H17F3N4O6/c1-21(2)13(24)6-20-12(23)8-28-14(25)7-19-10-4-3-9(15(16,17)18)5-11(10)22(26)27/h3-5,19H,6-8H2,1-2H3,(H,20,23). The molecule has 0 spiro atoms. The van der Waals surface area contributed by atoms with Crippen LogP contribution in [0.5, 0.6) is 0 Å². The van der Waals surface area contributed by atoms with Gasteiger partial charge in [0.25, 0.3) is 11.6 Å². The number of rotatable bonds is 8. The molecule has 0 aromatic heterocycles. The van der Waals surface area contributed by atoms with Crippen molar-refractivity contribution in [2.75, 3.05) is 39.1 Å². The van der Waals surface area contributed by atoms with E-state index in [4.69, 9.17) is 0 Å². The lowest BCUT2D eigenvalue weighted by atomic mass is 10.1. The summed E-state index contributed by atoms with van der Waals surface area (Å²) in [4.78, 5) is 45.5. The second-order valence-electron chi connectivity index (χ2n) is 5.57. The fraction of sp³-hybridized carbons (Fsp3) is 0.400. The molecule has 0 heterocycles. The summed E-state index contributed by atoms with van der Waals surface area (Å²) in [5, 5.41) is 15.4. The minimum Gasteiger partial charge on any atom is -0.454 e.